The van der Waals surface area contributed by atoms with E-state index in [2.05, 4.69) is 29.7 Å². The highest BCUT2D eigenvalue weighted by Crippen LogP contribution is 2.30. The number of hydrogen-bond donors (Lipinski definition) is 2. The van der Waals surface area contributed by atoms with Gasteiger partial charge in [-0.1, -0.05) is 37.3 Å². The maximum Gasteiger partial charge on any atom is 0.315 e. The molecule has 1 saturated heterocycles. The number of benzene rings is 1. The molecule has 0 spiro atoms. The summed E-state index contributed by atoms with van der Waals surface area (Å²) in [7, 11) is 0. The molecule has 3 rings (SSSR count). The third-order valence-electron chi connectivity index (χ3n) is 4.91. The third kappa shape index (κ3) is 4.90. The van der Waals surface area contributed by atoms with E-state index in [-0.39, 0.29) is 18.2 Å². The van der Waals surface area contributed by atoms with Gasteiger partial charge in [0.1, 0.15) is 0 Å². The molecular formula is C19H28N2O2S. The van der Waals surface area contributed by atoms with Crippen LogP contribution < -0.4 is 10.6 Å². The van der Waals surface area contributed by atoms with Gasteiger partial charge in [-0.3, -0.25) is 0 Å². The van der Waals surface area contributed by atoms with Crippen LogP contribution in [0.15, 0.2) is 30.3 Å². The minimum absolute atomic E-state index is 0.0131. The zero-order valence-electron chi connectivity index (χ0n) is 14.4. The van der Waals surface area contributed by atoms with Crippen molar-refractivity contribution >= 4 is 17.8 Å². The Labute approximate surface area is 149 Å². The largest absolute Gasteiger partial charge is 0.373 e. The van der Waals surface area contributed by atoms with E-state index in [0.717, 1.165) is 31.4 Å². The van der Waals surface area contributed by atoms with Crippen molar-refractivity contribution in [1.29, 1.82) is 0 Å². The van der Waals surface area contributed by atoms with Gasteiger partial charge in [0.2, 0.25) is 0 Å². The van der Waals surface area contributed by atoms with E-state index >= 15 is 0 Å². The van der Waals surface area contributed by atoms with E-state index in [1.807, 2.05) is 30.0 Å². The highest BCUT2D eigenvalue weighted by Gasteiger charge is 2.28. The van der Waals surface area contributed by atoms with E-state index in [9.17, 15) is 4.79 Å². The number of amides is 2. The van der Waals surface area contributed by atoms with Gasteiger partial charge in [0.15, 0.2) is 0 Å². The molecule has 1 aliphatic heterocycles. The van der Waals surface area contributed by atoms with Crippen LogP contribution in [0.5, 0.6) is 0 Å². The van der Waals surface area contributed by atoms with Crippen LogP contribution in [0.25, 0.3) is 0 Å². The minimum atomic E-state index is -0.0131. The topological polar surface area (TPSA) is 50.4 Å². The van der Waals surface area contributed by atoms with E-state index in [1.165, 1.54) is 12.0 Å². The quantitative estimate of drug-likeness (QED) is 0.849. The molecule has 2 aliphatic rings. The summed E-state index contributed by atoms with van der Waals surface area (Å²) in [4.78, 5) is 12.3. The maximum atomic E-state index is 12.3. The lowest BCUT2D eigenvalue weighted by molar-refractivity contribution is 0.00222. The van der Waals surface area contributed by atoms with Crippen LogP contribution in [-0.4, -0.2) is 35.7 Å². The first-order valence-electron chi connectivity index (χ1n) is 9.09. The zero-order valence-corrected chi connectivity index (χ0v) is 15.2. The molecule has 1 saturated carbocycles. The fraction of sp³-hybridized carbons (Fsp3) is 0.632. The van der Waals surface area contributed by atoms with Gasteiger partial charge in [0, 0.05) is 23.9 Å². The summed E-state index contributed by atoms with van der Waals surface area (Å²) in [5.41, 5.74) is 1.19. The van der Waals surface area contributed by atoms with Crippen molar-refractivity contribution in [2.45, 2.75) is 62.5 Å². The smallest absolute Gasteiger partial charge is 0.315 e. The van der Waals surface area contributed by atoms with Gasteiger partial charge in [-0.15, -0.1) is 0 Å². The second-order valence-electron chi connectivity index (χ2n) is 6.70. The van der Waals surface area contributed by atoms with Gasteiger partial charge in [-0.25, -0.2) is 4.79 Å². The Hall–Kier alpha value is -1.20. The summed E-state index contributed by atoms with van der Waals surface area (Å²) in [5, 5.41) is 7.03. The molecule has 132 valence electrons. The number of carbonyl (C=O) groups is 1. The second kappa shape index (κ2) is 8.77. The van der Waals surface area contributed by atoms with Crippen molar-refractivity contribution in [3.63, 3.8) is 0 Å². The lowest BCUT2D eigenvalue weighted by Crippen LogP contribution is -2.47. The van der Waals surface area contributed by atoms with E-state index in [1.54, 1.807) is 0 Å². The predicted octanol–water partition coefficient (Wildman–Crippen LogP) is 3.88. The monoisotopic (exact) mass is 348 g/mol. The molecule has 1 aliphatic carbocycles. The van der Waals surface area contributed by atoms with Gasteiger partial charge in [0.25, 0.3) is 0 Å². The third-order valence-corrected chi connectivity index (χ3v) is 6.15. The van der Waals surface area contributed by atoms with Crippen molar-refractivity contribution in [3.8, 4) is 0 Å². The number of carbonyl (C=O) groups excluding carboxylic acids is 1. The van der Waals surface area contributed by atoms with Crippen LogP contribution in [-0.2, 0) is 4.74 Å². The zero-order chi connectivity index (χ0) is 16.8. The Bertz CT molecular complexity index is 525. The number of ether oxygens (including phenoxy) is 1. The molecule has 1 aromatic rings. The molecular weight excluding hydrogens is 320 g/mol. The number of urea groups is 1. The van der Waals surface area contributed by atoms with Gasteiger partial charge in [-0.05, 0) is 43.4 Å². The van der Waals surface area contributed by atoms with Crippen molar-refractivity contribution < 1.29 is 9.53 Å². The summed E-state index contributed by atoms with van der Waals surface area (Å²) in [6.45, 7) is 2.90. The number of nitrogens with one attached hydrogen (secondary N) is 2. The minimum Gasteiger partial charge on any atom is -0.373 e. The van der Waals surface area contributed by atoms with Crippen LogP contribution in [0.3, 0.4) is 0 Å². The maximum absolute atomic E-state index is 12.3. The molecule has 0 radical (unpaired) electrons. The number of rotatable bonds is 5. The summed E-state index contributed by atoms with van der Waals surface area (Å²) in [5.74, 6) is 1.16. The highest BCUT2D eigenvalue weighted by atomic mass is 32.2. The molecule has 2 fully saturated rings. The fourth-order valence-electron chi connectivity index (χ4n) is 3.70. The molecule has 0 aromatic heterocycles. The van der Waals surface area contributed by atoms with Crippen LogP contribution in [0.4, 0.5) is 4.79 Å². The summed E-state index contributed by atoms with van der Waals surface area (Å²) < 4.78 is 5.88. The molecule has 1 aromatic carbocycles. The van der Waals surface area contributed by atoms with E-state index in [4.69, 9.17) is 4.74 Å². The average molecular weight is 349 g/mol. The summed E-state index contributed by atoms with van der Waals surface area (Å²) in [6, 6.07) is 10.8. The lowest BCUT2D eigenvalue weighted by atomic mass is 9.97. The van der Waals surface area contributed by atoms with Crippen molar-refractivity contribution in [2.24, 2.45) is 0 Å². The second-order valence-corrected chi connectivity index (χ2v) is 8.27. The van der Waals surface area contributed by atoms with E-state index < -0.39 is 0 Å². The standard InChI is InChI=1S/C19H28N2O2S/c1-2-24-17-9-8-15(12-17)20-19(22)21-16-10-11-23-18(13-16)14-6-4-3-5-7-14/h3-7,15-18H,2,8-13H2,1H3,(H2,20,21,22)/t15-,16+,17+,18-/m0/s1. The van der Waals surface area contributed by atoms with Crippen LogP contribution >= 0.6 is 11.8 Å². The molecule has 24 heavy (non-hydrogen) atoms. The van der Waals surface area contributed by atoms with Crippen LogP contribution in [0, 0.1) is 0 Å². The first kappa shape index (κ1) is 17.6. The normalized spacial score (nSPS) is 30.0. The van der Waals surface area contributed by atoms with Gasteiger partial charge in [-0.2, -0.15) is 11.8 Å². The Balaban J connectivity index is 1.44. The Kier molecular flexibility index (Phi) is 6.44. The Morgan fingerprint density at radius 3 is 2.62 bits per heavy atom. The molecule has 5 heteroatoms. The average Bonchev–Trinajstić information content (AvgIpc) is 3.03. The molecule has 1 heterocycles. The van der Waals surface area contributed by atoms with Crippen molar-refractivity contribution in [1.82, 2.24) is 10.6 Å². The SMILES string of the molecule is CCS[C@@H]1CC[C@H](NC(=O)N[C@@H]2CCO[C@H](c3ccccc3)C2)C1. The van der Waals surface area contributed by atoms with Crippen LogP contribution in [0.2, 0.25) is 0 Å². The summed E-state index contributed by atoms with van der Waals surface area (Å²) in [6.07, 6.45) is 5.24. The highest BCUT2D eigenvalue weighted by molar-refractivity contribution is 7.99. The van der Waals surface area contributed by atoms with Crippen LogP contribution in [0.1, 0.15) is 50.7 Å². The first-order valence-corrected chi connectivity index (χ1v) is 10.1. The summed E-state index contributed by atoms with van der Waals surface area (Å²) >= 11 is 2.02. The lowest BCUT2D eigenvalue weighted by Gasteiger charge is -2.30. The van der Waals surface area contributed by atoms with Crippen molar-refractivity contribution in [3.05, 3.63) is 35.9 Å². The molecule has 4 nitrogen and oxygen atoms in total. The van der Waals surface area contributed by atoms with Crippen molar-refractivity contribution in [2.75, 3.05) is 12.4 Å². The van der Waals surface area contributed by atoms with Gasteiger partial charge in [0.05, 0.1) is 6.10 Å². The number of hydrogen-bond acceptors (Lipinski definition) is 3. The molecule has 0 unspecified atom stereocenters. The van der Waals surface area contributed by atoms with Gasteiger partial charge >= 0.3 is 6.03 Å². The fourth-order valence-corrected chi connectivity index (χ4v) is 4.84. The molecule has 2 N–H and O–H groups in total. The molecule has 0 bridgehead atoms. The molecule has 2 amide bonds. The Morgan fingerprint density at radius 2 is 1.88 bits per heavy atom. The Morgan fingerprint density at radius 1 is 1.12 bits per heavy atom. The number of thioether (sulfide) groups is 1. The first-order chi connectivity index (χ1) is 11.7. The van der Waals surface area contributed by atoms with Gasteiger partial charge < -0.3 is 15.4 Å². The predicted molar refractivity (Wildman–Crippen MR) is 99.4 cm³/mol. The van der Waals surface area contributed by atoms with E-state index in [0.29, 0.717) is 17.9 Å². The molecule has 4 atom stereocenters.